The molecule has 3 aromatic carbocycles. The van der Waals surface area contributed by atoms with Crippen LogP contribution in [-0.4, -0.2) is 61.1 Å². The Kier molecular flexibility index (Phi) is 8.93. The van der Waals surface area contributed by atoms with Crippen LogP contribution in [-0.2, 0) is 22.7 Å². The molecule has 0 saturated carbocycles. The number of rotatable bonds is 11. The van der Waals surface area contributed by atoms with E-state index in [0.29, 0.717) is 32.2 Å². The zero-order chi connectivity index (χ0) is 26.2. The summed E-state index contributed by atoms with van der Waals surface area (Å²) < 4.78 is 0. The molecule has 0 unspecified atom stereocenters. The highest BCUT2D eigenvalue weighted by Crippen LogP contribution is 2.26. The van der Waals surface area contributed by atoms with E-state index in [9.17, 15) is 9.59 Å². The molecule has 0 fully saturated rings. The summed E-state index contributed by atoms with van der Waals surface area (Å²) in [5, 5.41) is 10.0. The average Bonchev–Trinajstić information content (AvgIpc) is 3.35. The molecule has 4 rings (SSSR count). The number of likely N-dealkylation sites (N-methyl/N-ethyl adjacent to an activating group) is 1. The van der Waals surface area contributed by atoms with Crippen molar-refractivity contribution >= 4 is 17.5 Å². The van der Waals surface area contributed by atoms with Crippen molar-refractivity contribution in [1.29, 1.82) is 0 Å². The molecule has 2 amide bonds. The number of amides is 2. The first-order valence-electron chi connectivity index (χ1n) is 12.9. The summed E-state index contributed by atoms with van der Waals surface area (Å²) in [5.74, 6) is -0.174. The molecule has 2 N–H and O–H groups in total. The molecule has 0 bridgehead atoms. The molecule has 0 aliphatic carbocycles. The second-order valence-corrected chi connectivity index (χ2v) is 9.74. The monoisotopic (exact) mass is 499 g/mol. The van der Waals surface area contributed by atoms with Crippen LogP contribution in [0.3, 0.4) is 0 Å². The van der Waals surface area contributed by atoms with Crippen molar-refractivity contribution in [2.45, 2.75) is 33.0 Å². The van der Waals surface area contributed by atoms with Gasteiger partial charge < -0.3 is 15.5 Å². The maximum absolute atomic E-state index is 13.4. The normalized spacial score (nSPS) is 12.9. The van der Waals surface area contributed by atoms with E-state index in [0.717, 1.165) is 16.8 Å². The SMILES string of the molecule is CC(C)NCCNC(=O)CN(CC(=O)N(C)N1Cc2ccccc2C1)c1cccc(-c2ccccc2)c1. The molecule has 1 aliphatic rings. The van der Waals surface area contributed by atoms with Gasteiger partial charge in [0.25, 0.3) is 5.91 Å². The number of carbonyl (C=O) groups is 2. The molecule has 0 atom stereocenters. The minimum absolute atomic E-state index is 0.0628. The van der Waals surface area contributed by atoms with Gasteiger partial charge in [-0.15, -0.1) is 0 Å². The van der Waals surface area contributed by atoms with E-state index in [1.54, 1.807) is 5.01 Å². The van der Waals surface area contributed by atoms with Crippen molar-refractivity contribution in [3.63, 3.8) is 0 Å². The smallest absolute Gasteiger partial charge is 0.256 e. The van der Waals surface area contributed by atoms with E-state index in [-0.39, 0.29) is 24.9 Å². The van der Waals surface area contributed by atoms with Crippen LogP contribution in [0, 0.1) is 0 Å². The Morgan fingerprint density at radius 3 is 2.16 bits per heavy atom. The van der Waals surface area contributed by atoms with Gasteiger partial charge in [0.1, 0.15) is 0 Å². The molecule has 1 aliphatic heterocycles. The van der Waals surface area contributed by atoms with E-state index in [1.165, 1.54) is 11.1 Å². The van der Waals surface area contributed by atoms with Gasteiger partial charge in [0.15, 0.2) is 0 Å². The van der Waals surface area contributed by atoms with Crippen LogP contribution in [0.15, 0.2) is 78.9 Å². The van der Waals surface area contributed by atoms with E-state index in [1.807, 2.05) is 71.6 Å². The number of hydrazine groups is 1. The number of hydrogen-bond donors (Lipinski definition) is 2. The fourth-order valence-electron chi connectivity index (χ4n) is 4.49. The molecule has 37 heavy (non-hydrogen) atoms. The summed E-state index contributed by atoms with van der Waals surface area (Å²) in [6.45, 7) is 6.98. The highest BCUT2D eigenvalue weighted by Gasteiger charge is 2.26. The van der Waals surface area contributed by atoms with Crippen LogP contribution in [0.25, 0.3) is 11.1 Å². The van der Waals surface area contributed by atoms with Crippen LogP contribution in [0.1, 0.15) is 25.0 Å². The number of carbonyl (C=O) groups excluding carboxylic acids is 2. The number of anilines is 1. The quantitative estimate of drug-likeness (QED) is 0.394. The molecule has 0 spiro atoms. The summed E-state index contributed by atoms with van der Waals surface area (Å²) in [6, 6.07) is 26.8. The van der Waals surface area contributed by atoms with Gasteiger partial charge >= 0.3 is 0 Å². The van der Waals surface area contributed by atoms with Gasteiger partial charge in [-0.3, -0.25) is 14.6 Å². The van der Waals surface area contributed by atoms with Crippen LogP contribution in [0.2, 0.25) is 0 Å². The standard InChI is InChI=1S/C30H37N5O2/c1-23(2)31-16-17-32-29(36)21-34(28-15-9-14-25(18-28)24-10-5-4-6-11-24)22-30(37)33(3)35-19-26-12-7-8-13-27(26)20-35/h4-15,18,23,31H,16-17,19-22H2,1-3H3,(H,32,36). The third-order valence-corrected chi connectivity index (χ3v) is 6.59. The van der Waals surface area contributed by atoms with Gasteiger partial charge in [-0.2, -0.15) is 0 Å². The first-order chi connectivity index (χ1) is 17.9. The molecule has 0 aromatic heterocycles. The number of nitrogens with zero attached hydrogens (tertiary/aromatic N) is 3. The van der Waals surface area contributed by atoms with Gasteiger partial charge in [-0.1, -0.05) is 80.6 Å². The fourth-order valence-corrected chi connectivity index (χ4v) is 4.49. The van der Waals surface area contributed by atoms with Crippen molar-refractivity contribution in [3.05, 3.63) is 90.0 Å². The van der Waals surface area contributed by atoms with Crippen molar-refractivity contribution in [2.24, 2.45) is 0 Å². The molecule has 0 radical (unpaired) electrons. The highest BCUT2D eigenvalue weighted by molar-refractivity contribution is 5.87. The second-order valence-electron chi connectivity index (χ2n) is 9.74. The molecule has 3 aromatic rings. The van der Waals surface area contributed by atoms with E-state index in [4.69, 9.17) is 0 Å². The zero-order valence-electron chi connectivity index (χ0n) is 22.0. The first kappa shape index (κ1) is 26.4. The molecule has 0 saturated heterocycles. The Hall–Kier alpha value is -3.68. The van der Waals surface area contributed by atoms with Gasteiger partial charge in [-0.05, 0) is 34.4 Å². The molecule has 7 heteroatoms. The molecule has 7 nitrogen and oxygen atoms in total. The summed E-state index contributed by atoms with van der Waals surface area (Å²) in [4.78, 5) is 28.2. The lowest BCUT2D eigenvalue weighted by molar-refractivity contribution is -0.145. The van der Waals surface area contributed by atoms with Crippen molar-refractivity contribution in [3.8, 4) is 11.1 Å². The minimum atomic E-state index is -0.111. The molecule has 1 heterocycles. The summed E-state index contributed by atoms with van der Waals surface area (Å²) >= 11 is 0. The lowest BCUT2D eigenvalue weighted by atomic mass is 10.0. The van der Waals surface area contributed by atoms with Crippen LogP contribution in [0.5, 0.6) is 0 Å². The minimum Gasteiger partial charge on any atom is -0.353 e. The maximum atomic E-state index is 13.4. The van der Waals surface area contributed by atoms with E-state index < -0.39 is 0 Å². The second kappa shape index (κ2) is 12.5. The molecular weight excluding hydrogens is 462 g/mol. The lowest BCUT2D eigenvalue weighted by Crippen LogP contribution is -2.48. The van der Waals surface area contributed by atoms with E-state index in [2.05, 4.69) is 48.7 Å². The van der Waals surface area contributed by atoms with Crippen LogP contribution < -0.4 is 15.5 Å². The van der Waals surface area contributed by atoms with Crippen molar-refractivity contribution in [2.75, 3.05) is 38.1 Å². The third-order valence-electron chi connectivity index (χ3n) is 6.59. The van der Waals surface area contributed by atoms with Gasteiger partial charge in [-0.25, -0.2) is 5.01 Å². The van der Waals surface area contributed by atoms with Crippen molar-refractivity contribution < 1.29 is 9.59 Å². The van der Waals surface area contributed by atoms with Gasteiger partial charge in [0, 0.05) is 45.0 Å². The van der Waals surface area contributed by atoms with Crippen LogP contribution in [0.4, 0.5) is 5.69 Å². The number of fused-ring (bicyclic) bond motifs is 1. The molecular formula is C30H37N5O2. The maximum Gasteiger partial charge on any atom is 0.256 e. The Morgan fingerprint density at radius 2 is 1.49 bits per heavy atom. The van der Waals surface area contributed by atoms with Crippen molar-refractivity contribution in [1.82, 2.24) is 20.7 Å². The Morgan fingerprint density at radius 1 is 0.838 bits per heavy atom. The predicted molar refractivity (Wildman–Crippen MR) is 149 cm³/mol. The number of hydrogen-bond acceptors (Lipinski definition) is 5. The fraction of sp³-hybridized carbons (Fsp3) is 0.333. The largest absolute Gasteiger partial charge is 0.353 e. The highest BCUT2D eigenvalue weighted by atomic mass is 16.2. The Labute approximate surface area is 220 Å². The molecule has 194 valence electrons. The van der Waals surface area contributed by atoms with Crippen LogP contribution >= 0.6 is 0 Å². The van der Waals surface area contributed by atoms with Gasteiger partial charge in [0.2, 0.25) is 5.91 Å². The number of benzene rings is 3. The topological polar surface area (TPSA) is 67.9 Å². The Bertz CT molecular complexity index is 1170. The first-order valence-corrected chi connectivity index (χ1v) is 12.9. The predicted octanol–water partition coefficient (Wildman–Crippen LogP) is 3.66. The third kappa shape index (κ3) is 7.18. The van der Waals surface area contributed by atoms with E-state index >= 15 is 0 Å². The Balaban J connectivity index is 1.48. The summed E-state index contributed by atoms with van der Waals surface area (Å²) in [7, 11) is 1.81. The summed E-state index contributed by atoms with van der Waals surface area (Å²) in [5.41, 5.74) is 5.45. The zero-order valence-corrected chi connectivity index (χ0v) is 22.0. The average molecular weight is 500 g/mol. The van der Waals surface area contributed by atoms with Gasteiger partial charge in [0.05, 0.1) is 13.1 Å². The number of nitrogens with one attached hydrogen (secondary N) is 2. The summed E-state index contributed by atoms with van der Waals surface area (Å²) in [6.07, 6.45) is 0. The lowest BCUT2D eigenvalue weighted by Gasteiger charge is -2.31.